The first-order chi connectivity index (χ1) is 8.58. The highest BCUT2D eigenvalue weighted by Crippen LogP contribution is 2.26. The Morgan fingerprint density at radius 2 is 1.89 bits per heavy atom. The molecule has 0 bridgehead atoms. The first-order valence-corrected chi connectivity index (χ1v) is 5.75. The summed E-state index contributed by atoms with van der Waals surface area (Å²) >= 11 is 11.7. The van der Waals surface area contributed by atoms with Crippen molar-refractivity contribution in [2.24, 2.45) is 0 Å². The summed E-state index contributed by atoms with van der Waals surface area (Å²) in [6.07, 6.45) is 0. The lowest BCUT2D eigenvalue weighted by Crippen LogP contribution is -2.05. The summed E-state index contributed by atoms with van der Waals surface area (Å²) in [6, 6.07) is 9.77. The number of para-hydroxylation sites is 1. The van der Waals surface area contributed by atoms with Gasteiger partial charge in [0.05, 0.1) is 10.7 Å². The van der Waals surface area contributed by atoms with E-state index in [-0.39, 0.29) is 16.5 Å². The van der Waals surface area contributed by atoms with Crippen molar-refractivity contribution in [1.29, 1.82) is 0 Å². The predicted octanol–water partition coefficient (Wildman–Crippen LogP) is 3.83. The summed E-state index contributed by atoms with van der Waals surface area (Å²) in [7, 11) is 0. The summed E-state index contributed by atoms with van der Waals surface area (Å²) in [6.45, 7) is 0. The van der Waals surface area contributed by atoms with E-state index in [4.69, 9.17) is 28.3 Å². The zero-order valence-electron chi connectivity index (χ0n) is 9.02. The highest BCUT2D eigenvalue weighted by atomic mass is 35.5. The van der Waals surface area contributed by atoms with Gasteiger partial charge >= 0.3 is 5.97 Å². The van der Waals surface area contributed by atoms with E-state index in [1.807, 2.05) is 0 Å². The number of nitrogens with one attached hydrogen (secondary N) is 1. The smallest absolute Gasteiger partial charge is 0.339 e. The highest BCUT2D eigenvalue weighted by molar-refractivity contribution is 6.33. The number of carboxylic acids is 1. The number of rotatable bonds is 3. The van der Waals surface area contributed by atoms with E-state index >= 15 is 0 Å². The number of aromatic carboxylic acids is 1. The average molecular weight is 283 g/mol. The molecule has 0 radical (unpaired) electrons. The van der Waals surface area contributed by atoms with Crippen LogP contribution in [0.3, 0.4) is 0 Å². The van der Waals surface area contributed by atoms with Crippen LogP contribution in [0, 0.1) is 0 Å². The summed E-state index contributed by atoms with van der Waals surface area (Å²) in [5.41, 5.74) is 0.593. The van der Waals surface area contributed by atoms with Gasteiger partial charge in [-0.1, -0.05) is 35.3 Å². The maximum Gasteiger partial charge on any atom is 0.339 e. The second-order valence-corrected chi connectivity index (χ2v) is 4.23. The van der Waals surface area contributed by atoms with Gasteiger partial charge in [0, 0.05) is 0 Å². The van der Waals surface area contributed by atoms with Crippen LogP contribution in [0.25, 0.3) is 0 Å². The molecule has 1 heterocycles. The number of hydrogen-bond acceptors (Lipinski definition) is 3. The van der Waals surface area contributed by atoms with Gasteiger partial charge in [0.1, 0.15) is 16.5 Å². The Balaban J connectivity index is 2.42. The van der Waals surface area contributed by atoms with Gasteiger partial charge in [-0.05, 0) is 24.3 Å². The zero-order chi connectivity index (χ0) is 13.1. The predicted molar refractivity (Wildman–Crippen MR) is 70.9 cm³/mol. The Bertz CT molecular complexity index is 602. The maximum absolute atomic E-state index is 11.1. The number of carbonyl (C=O) groups is 1. The zero-order valence-corrected chi connectivity index (χ0v) is 10.5. The van der Waals surface area contributed by atoms with E-state index in [1.54, 1.807) is 24.3 Å². The van der Waals surface area contributed by atoms with Crippen molar-refractivity contribution in [3.05, 3.63) is 52.1 Å². The molecule has 2 N–H and O–H groups in total. The third-order valence-electron chi connectivity index (χ3n) is 2.22. The van der Waals surface area contributed by atoms with Gasteiger partial charge in [0.15, 0.2) is 0 Å². The van der Waals surface area contributed by atoms with Gasteiger partial charge in [0.25, 0.3) is 0 Å². The van der Waals surface area contributed by atoms with Crippen molar-refractivity contribution in [3.8, 4) is 0 Å². The first-order valence-electron chi connectivity index (χ1n) is 4.99. The second-order valence-electron chi connectivity index (χ2n) is 3.44. The molecule has 1 aromatic heterocycles. The van der Waals surface area contributed by atoms with Crippen molar-refractivity contribution < 1.29 is 9.90 Å². The van der Waals surface area contributed by atoms with Crippen molar-refractivity contribution in [3.63, 3.8) is 0 Å². The molecule has 0 fully saturated rings. The summed E-state index contributed by atoms with van der Waals surface area (Å²) in [4.78, 5) is 15.0. The SMILES string of the molecule is O=C(O)c1ccc(Cl)nc1Nc1ccccc1Cl. The van der Waals surface area contributed by atoms with Crippen LogP contribution < -0.4 is 5.32 Å². The average Bonchev–Trinajstić information content (AvgIpc) is 2.32. The monoisotopic (exact) mass is 282 g/mol. The van der Waals surface area contributed by atoms with Crippen LogP contribution in [-0.2, 0) is 0 Å². The molecule has 0 saturated heterocycles. The molecule has 0 aliphatic heterocycles. The summed E-state index contributed by atoms with van der Waals surface area (Å²) in [5.74, 6) is -0.933. The standard InChI is InChI=1S/C12H8Cl2N2O2/c13-8-3-1-2-4-9(8)15-11-7(12(17)18)5-6-10(14)16-11/h1-6H,(H,15,16)(H,17,18). The molecule has 0 atom stereocenters. The molecule has 0 saturated carbocycles. The number of hydrogen-bond donors (Lipinski definition) is 2. The number of aromatic nitrogens is 1. The lowest BCUT2D eigenvalue weighted by molar-refractivity contribution is 0.0697. The van der Waals surface area contributed by atoms with Crippen molar-refractivity contribution in [1.82, 2.24) is 4.98 Å². The van der Waals surface area contributed by atoms with E-state index in [2.05, 4.69) is 10.3 Å². The number of pyridine rings is 1. The Morgan fingerprint density at radius 1 is 1.17 bits per heavy atom. The molecule has 0 aliphatic carbocycles. The van der Waals surface area contributed by atoms with E-state index in [1.165, 1.54) is 12.1 Å². The van der Waals surface area contributed by atoms with E-state index in [0.717, 1.165) is 0 Å². The fraction of sp³-hybridized carbons (Fsp3) is 0. The Hall–Kier alpha value is -1.78. The van der Waals surface area contributed by atoms with Crippen molar-refractivity contribution in [2.75, 3.05) is 5.32 Å². The van der Waals surface area contributed by atoms with Crippen LogP contribution in [0.2, 0.25) is 10.2 Å². The molecule has 0 spiro atoms. The molecule has 92 valence electrons. The molecule has 6 heteroatoms. The van der Waals surface area contributed by atoms with Crippen LogP contribution in [0.4, 0.5) is 11.5 Å². The molecule has 0 amide bonds. The fourth-order valence-electron chi connectivity index (χ4n) is 1.39. The molecular weight excluding hydrogens is 275 g/mol. The minimum Gasteiger partial charge on any atom is -0.478 e. The van der Waals surface area contributed by atoms with Crippen LogP contribution in [0.5, 0.6) is 0 Å². The quantitative estimate of drug-likeness (QED) is 0.840. The molecule has 0 aliphatic rings. The minimum absolute atomic E-state index is 0.0271. The normalized spacial score (nSPS) is 10.1. The van der Waals surface area contributed by atoms with Gasteiger partial charge in [-0.2, -0.15) is 0 Å². The Kier molecular flexibility index (Phi) is 3.69. The van der Waals surface area contributed by atoms with Gasteiger partial charge in [0.2, 0.25) is 0 Å². The lowest BCUT2D eigenvalue weighted by atomic mass is 10.2. The van der Waals surface area contributed by atoms with Crippen LogP contribution in [0.1, 0.15) is 10.4 Å². The second kappa shape index (κ2) is 5.25. The minimum atomic E-state index is -1.09. The van der Waals surface area contributed by atoms with Crippen LogP contribution >= 0.6 is 23.2 Å². The Labute approximate surface area is 113 Å². The third kappa shape index (κ3) is 2.72. The number of nitrogens with zero attached hydrogens (tertiary/aromatic N) is 1. The van der Waals surface area contributed by atoms with Crippen molar-refractivity contribution in [2.45, 2.75) is 0 Å². The fourth-order valence-corrected chi connectivity index (χ4v) is 1.72. The van der Waals surface area contributed by atoms with E-state index < -0.39 is 5.97 Å². The lowest BCUT2D eigenvalue weighted by Gasteiger charge is -2.10. The summed E-state index contributed by atoms with van der Waals surface area (Å²) in [5, 5.41) is 12.6. The van der Waals surface area contributed by atoms with Gasteiger partial charge < -0.3 is 10.4 Å². The first kappa shape index (κ1) is 12.7. The topological polar surface area (TPSA) is 62.2 Å². The maximum atomic E-state index is 11.1. The van der Waals surface area contributed by atoms with Crippen LogP contribution in [-0.4, -0.2) is 16.1 Å². The molecule has 1 aromatic carbocycles. The number of benzene rings is 1. The number of anilines is 2. The molecule has 0 unspecified atom stereocenters. The number of halogens is 2. The van der Waals surface area contributed by atoms with Crippen molar-refractivity contribution >= 4 is 40.7 Å². The Morgan fingerprint density at radius 3 is 2.56 bits per heavy atom. The number of carboxylic acid groups (broad SMARTS) is 1. The highest BCUT2D eigenvalue weighted by Gasteiger charge is 2.13. The van der Waals surface area contributed by atoms with E-state index in [0.29, 0.717) is 10.7 Å². The summed E-state index contributed by atoms with van der Waals surface area (Å²) < 4.78 is 0. The molecular formula is C12H8Cl2N2O2. The van der Waals surface area contributed by atoms with Gasteiger partial charge in [-0.25, -0.2) is 9.78 Å². The molecule has 2 rings (SSSR count). The van der Waals surface area contributed by atoms with Crippen LogP contribution in [0.15, 0.2) is 36.4 Å². The third-order valence-corrected chi connectivity index (χ3v) is 2.76. The molecule has 18 heavy (non-hydrogen) atoms. The van der Waals surface area contributed by atoms with E-state index in [9.17, 15) is 4.79 Å². The molecule has 2 aromatic rings. The van der Waals surface area contributed by atoms with Gasteiger partial charge in [-0.3, -0.25) is 0 Å². The molecule has 4 nitrogen and oxygen atoms in total. The largest absolute Gasteiger partial charge is 0.478 e. The van der Waals surface area contributed by atoms with Gasteiger partial charge in [-0.15, -0.1) is 0 Å².